The van der Waals surface area contributed by atoms with Gasteiger partial charge in [-0.05, 0) is 45.1 Å². The van der Waals surface area contributed by atoms with E-state index in [0.29, 0.717) is 6.54 Å². The molecule has 0 aliphatic heterocycles. The van der Waals surface area contributed by atoms with Crippen LogP contribution >= 0.6 is 0 Å². The van der Waals surface area contributed by atoms with Crippen LogP contribution in [0.2, 0.25) is 0 Å². The first-order valence-corrected chi connectivity index (χ1v) is 8.00. The van der Waals surface area contributed by atoms with Crippen LogP contribution in [0.1, 0.15) is 27.2 Å². The zero-order chi connectivity index (χ0) is 15.5. The van der Waals surface area contributed by atoms with Crippen molar-refractivity contribution in [3.8, 4) is 0 Å². The summed E-state index contributed by atoms with van der Waals surface area (Å²) in [5, 5.41) is 3.18. The van der Waals surface area contributed by atoms with Crippen molar-refractivity contribution in [2.45, 2.75) is 27.2 Å². The second kappa shape index (κ2) is 10.2. The van der Waals surface area contributed by atoms with E-state index in [0.717, 1.165) is 44.8 Å². The predicted molar refractivity (Wildman–Crippen MR) is 89.6 cm³/mol. The molecule has 0 aromatic heterocycles. The Kier molecular flexibility index (Phi) is 8.51. The number of amides is 1. The fourth-order valence-electron chi connectivity index (χ4n) is 2.33. The first-order chi connectivity index (χ1) is 10.2. The van der Waals surface area contributed by atoms with Gasteiger partial charge in [-0.15, -0.1) is 0 Å². The molecule has 0 saturated heterocycles. The number of carbonyl (C=O) groups excluding carboxylic acids is 1. The third-order valence-corrected chi connectivity index (χ3v) is 3.75. The second-order valence-electron chi connectivity index (χ2n) is 5.07. The van der Waals surface area contributed by atoms with Gasteiger partial charge in [0.25, 0.3) is 0 Å². The lowest BCUT2D eigenvalue weighted by Crippen LogP contribution is -2.37. The minimum Gasteiger partial charge on any atom is -0.376 e. The molecule has 0 heterocycles. The van der Waals surface area contributed by atoms with Crippen LogP contribution in [-0.4, -0.2) is 55.0 Å². The Morgan fingerprint density at radius 3 is 2.24 bits per heavy atom. The second-order valence-corrected chi connectivity index (χ2v) is 5.07. The Morgan fingerprint density at radius 1 is 1.00 bits per heavy atom. The summed E-state index contributed by atoms with van der Waals surface area (Å²) in [4.78, 5) is 16.5. The first kappa shape index (κ1) is 17.5. The summed E-state index contributed by atoms with van der Waals surface area (Å²) < 4.78 is 0. The van der Waals surface area contributed by atoms with Crippen LogP contribution in [0.25, 0.3) is 0 Å². The van der Waals surface area contributed by atoms with Gasteiger partial charge in [0.05, 0.1) is 6.54 Å². The molecule has 1 N–H and O–H groups in total. The maximum Gasteiger partial charge on any atom is 0.241 e. The number of benzene rings is 1. The molecule has 0 bridgehead atoms. The van der Waals surface area contributed by atoms with Gasteiger partial charge in [-0.3, -0.25) is 4.79 Å². The molecule has 4 heteroatoms. The highest BCUT2D eigenvalue weighted by molar-refractivity contribution is 5.80. The molecule has 4 nitrogen and oxygen atoms in total. The molecule has 1 rings (SSSR count). The topological polar surface area (TPSA) is 35.6 Å². The Labute approximate surface area is 129 Å². The van der Waals surface area contributed by atoms with Crippen LogP contribution in [0.15, 0.2) is 30.3 Å². The standard InChI is InChI=1S/C17H29N3O/c1-4-19(5-2)13-10-14-20(6-3)17(21)15-18-16-11-8-7-9-12-16/h7-9,11-12,18H,4-6,10,13-15H2,1-3H3. The zero-order valence-corrected chi connectivity index (χ0v) is 13.6. The average Bonchev–Trinajstić information content (AvgIpc) is 2.54. The molecule has 1 amide bonds. The summed E-state index contributed by atoms with van der Waals surface area (Å²) in [7, 11) is 0. The molecule has 118 valence electrons. The Balaban J connectivity index is 2.32. The van der Waals surface area contributed by atoms with E-state index in [1.54, 1.807) is 0 Å². The lowest BCUT2D eigenvalue weighted by molar-refractivity contribution is -0.129. The number of likely N-dealkylation sites (N-methyl/N-ethyl adjacent to an activating group) is 1. The quantitative estimate of drug-likeness (QED) is 0.720. The van der Waals surface area contributed by atoms with Gasteiger partial charge >= 0.3 is 0 Å². The molecule has 0 fully saturated rings. The highest BCUT2D eigenvalue weighted by atomic mass is 16.2. The summed E-state index contributed by atoms with van der Waals surface area (Å²) in [6.45, 7) is 11.6. The van der Waals surface area contributed by atoms with Gasteiger partial charge in [0.1, 0.15) is 0 Å². The number of carbonyl (C=O) groups is 1. The summed E-state index contributed by atoms with van der Waals surface area (Å²) in [6, 6.07) is 9.86. The molecule has 0 aliphatic carbocycles. The lowest BCUT2D eigenvalue weighted by Gasteiger charge is -2.24. The van der Waals surface area contributed by atoms with Crippen molar-refractivity contribution in [2.24, 2.45) is 0 Å². The van der Waals surface area contributed by atoms with E-state index in [4.69, 9.17) is 0 Å². The number of para-hydroxylation sites is 1. The third kappa shape index (κ3) is 6.63. The van der Waals surface area contributed by atoms with Crippen LogP contribution < -0.4 is 5.32 Å². The molecule has 0 saturated carbocycles. The highest BCUT2D eigenvalue weighted by Gasteiger charge is 2.11. The van der Waals surface area contributed by atoms with Crippen molar-refractivity contribution < 1.29 is 4.79 Å². The zero-order valence-electron chi connectivity index (χ0n) is 13.6. The number of hydrogen-bond acceptors (Lipinski definition) is 3. The van der Waals surface area contributed by atoms with Crippen LogP contribution in [0.4, 0.5) is 5.69 Å². The predicted octanol–water partition coefficient (Wildman–Crippen LogP) is 2.68. The van der Waals surface area contributed by atoms with Crippen LogP contribution in [-0.2, 0) is 4.79 Å². The van der Waals surface area contributed by atoms with Crippen LogP contribution in [0.3, 0.4) is 0 Å². The Hall–Kier alpha value is -1.55. The van der Waals surface area contributed by atoms with Crippen molar-refractivity contribution in [2.75, 3.05) is 44.6 Å². The molecule has 0 spiro atoms. The van der Waals surface area contributed by atoms with Crippen molar-refractivity contribution in [1.29, 1.82) is 0 Å². The fraction of sp³-hybridized carbons (Fsp3) is 0.588. The third-order valence-electron chi connectivity index (χ3n) is 3.75. The smallest absolute Gasteiger partial charge is 0.241 e. The van der Waals surface area contributed by atoms with Gasteiger partial charge in [-0.1, -0.05) is 32.0 Å². The van der Waals surface area contributed by atoms with Gasteiger partial charge in [-0.25, -0.2) is 0 Å². The van der Waals surface area contributed by atoms with Crippen LogP contribution in [0, 0.1) is 0 Å². The molecule has 1 aromatic carbocycles. The largest absolute Gasteiger partial charge is 0.376 e. The van der Waals surface area contributed by atoms with E-state index >= 15 is 0 Å². The van der Waals surface area contributed by atoms with Gasteiger partial charge in [0, 0.05) is 18.8 Å². The number of hydrogen-bond donors (Lipinski definition) is 1. The molecule has 21 heavy (non-hydrogen) atoms. The number of rotatable bonds is 10. The fourth-order valence-corrected chi connectivity index (χ4v) is 2.33. The van der Waals surface area contributed by atoms with Gasteiger partial charge < -0.3 is 15.1 Å². The van der Waals surface area contributed by atoms with Crippen LogP contribution in [0.5, 0.6) is 0 Å². The minimum absolute atomic E-state index is 0.167. The molecule has 0 atom stereocenters. The number of nitrogens with one attached hydrogen (secondary N) is 1. The van der Waals surface area contributed by atoms with E-state index in [1.807, 2.05) is 42.2 Å². The average molecular weight is 291 g/mol. The maximum atomic E-state index is 12.2. The Bertz CT molecular complexity index is 390. The highest BCUT2D eigenvalue weighted by Crippen LogP contribution is 2.05. The number of anilines is 1. The van der Waals surface area contributed by atoms with Crippen molar-refractivity contribution in [3.63, 3.8) is 0 Å². The SMILES string of the molecule is CCN(CC)CCCN(CC)C(=O)CNc1ccccc1. The molecule has 0 unspecified atom stereocenters. The van der Waals surface area contributed by atoms with Crippen molar-refractivity contribution in [3.05, 3.63) is 30.3 Å². The van der Waals surface area contributed by atoms with E-state index in [9.17, 15) is 4.79 Å². The van der Waals surface area contributed by atoms with Crippen molar-refractivity contribution >= 4 is 11.6 Å². The molecule has 0 radical (unpaired) electrons. The van der Waals surface area contributed by atoms with Gasteiger partial charge in [0.15, 0.2) is 0 Å². The summed E-state index contributed by atoms with van der Waals surface area (Å²) in [5.41, 5.74) is 0.991. The van der Waals surface area contributed by atoms with Gasteiger partial charge in [-0.2, -0.15) is 0 Å². The van der Waals surface area contributed by atoms with Gasteiger partial charge in [0.2, 0.25) is 5.91 Å². The van der Waals surface area contributed by atoms with E-state index in [1.165, 1.54) is 0 Å². The maximum absolute atomic E-state index is 12.2. The Morgan fingerprint density at radius 2 is 1.67 bits per heavy atom. The number of nitrogens with zero attached hydrogens (tertiary/aromatic N) is 2. The van der Waals surface area contributed by atoms with E-state index in [-0.39, 0.29) is 5.91 Å². The normalized spacial score (nSPS) is 10.7. The summed E-state index contributed by atoms with van der Waals surface area (Å²) >= 11 is 0. The summed E-state index contributed by atoms with van der Waals surface area (Å²) in [6.07, 6.45) is 1.03. The monoisotopic (exact) mass is 291 g/mol. The first-order valence-electron chi connectivity index (χ1n) is 8.00. The van der Waals surface area contributed by atoms with Crippen molar-refractivity contribution in [1.82, 2.24) is 9.80 Å². The summed E-state index contributed by atoms with van der Waals surface area (Å²) in [5.74, 6) is 0.167. The molecule has 1 aromatic rings. The molecular weight excluding hydrogens is 262 g/mol. The molecule has 0 aliphatic rings. The van der Waals surface area contributed by atoms with E-state index < -0.39 is 0 Å². The van der Waals surface area contributed by atoms with E-state index in [2.05, 4.69) is 24.1 Å². The minimum atomic E-state index is 0.167. The molecular formula is C17H29N3O. The lowest BCUT2D eigenvalue weighted by atomic mass is 10.3.